The zero-order chi connectivity index (χ0) is 17.3. The third-order valence-corrected chi connectivity index (χ3v) is 5.37. The standard InChI is InChI=1S/C17H12Br2N2O2S/c1-9-2-4-11(5-3-9)20-17-21-16(23)14(24-17)8-10-6-12(18)15(22)13(19)7-10/h2-8,22H,1H3,(H,20,21,23)/b14-8-. The minimum absolute atomic E-state index is 0.127. The van der Waals surface area contributed by atoms with Gasteiger partial charge in [0.1, 0.15) is 5.75 Å². The van der Waals surface area contributed by atoms with Crippen molar-refractivity contribution in [3.8, 4) is 5.75 Å². The van der Waals surface area contributed by atoms with Crippen molar-refractivity contribution in [3.63, 3.8) is 0 Å². The Kier molecular flexibility index (Phi) is 5.12. The van der Waals surface area contributed by atoms with Crippen molar-refractivity contribution in [2.75, 3.05) is 0 Å². The van der Waals surface area contributed by atoms with Crippen LogP contribution in [0.3, 0.4) is 0 Å². The van der Waals surface area contributed by atoms with Gasteiger partial charge in [0, 0.05) is 0 Å². The molecule has 0 aromatic heterocycles. The van der Waals surface area contributed by atoms with E-state index in [2.05, 4.69) is 42.2 Å². The van der Waals surface area contributed by atoms with Gasteiger partial charge in [-0.15, -0.1) is 0 Å². The molecular weight excluding hydrogens is 456 g/mol. The Hall–Kier alpha value is -1.57. The number of nitrogens with zero attached hydrogens (tertiary/aromatic N) is 1. The molecule has 2 N–H and O–H groups in total. The first-order valence-electron chi connectivity index (χ1n) is 6.96. The van der Waals surface area contributed by atoms with Gasteiger partial charge in [-0.3, -0.25) is 4.79 Å². The van der Waals surface area contributed by atoms with Crippen LogP contribution in [0, 0.1) is 6.92 Å². The molecule has 1 amide bonds. The molecule has 24 heavy (non-hydrogen) atoms. The number of carbonyl (C=O) groups is 1. The molecule has 1 heterocycles. The lowest BCUT2D eigenvalue weighted by atomic mass is 10.2. The molecule has 0 aliphatic carbocycles. The van der Waals surface area contributed by atoms with Gasteiger partial charge in [0.2, 0.25) is 0 Å². The third-order valence-electron chi connectivity index (χ3n) is 3.25. The molecule has 2 aromatic rings. The predicted molar refractivity (Wildman–Crippen MR) is 105 cm³/mol. The Morgan fingerprint density at radius 3 is 2.42 bits per heavy atom. The third kappa shape index (κ3) is 3.91. The Labute approximate surface area is 160 Å². The molecule has 1 aliphatic heterocycles. The number of thioether (sulfide) groups is 1. The summed E-state index contributed by atoms with van der Waals surface area (Å²) in [6, 6.07) is 11.3. The van der Waals surface area contributed by atoms with E-state index < -0.39 is 0 Å². The monoisotopic (exact) mass is 466 g/mol. The Bertz CT molecular complexity index is 854. The van der Waals surface area contributed by atoms with Gasteiger partial charge in [0.05, 0.1) is 19.5 Å². The van der Waals surface area contributed by atoms with Gasteiger partial charge in [-0.05, 0) is 86.5 Å². The minimum atomic E-state index is -0.189. The van der Waals surface area contributed by atoms with Crippen LogP contribution in [0.5, 0.6) is 5.75 Å². The van der Waals surface area contributed by atoms with Crippen LogP contribution in [0.2, 0.25) is 0 Å². The van der Waals surface area contributed by atoms with E-state index in [1.165, 1.54) is 11.8 Å². The quantitative estimate of drug-likeness (QED) is 0.602. The van der Waals surface area contributed by atoms with E-state index in [1.807, 2.05) is 31.2 Å². The molecule has 0 atom stereocenters. The average Bonchev–Trinajstić information content (AvgIpc) is 2.87. The zero-order valence-corrected chi connectivity index (χ0v) is 16.5. The number of phenols is 1. The van der Waals surface area contributed by atoms with Gasteiger partial charge in [-0.25, -0.2) is 4.99 Å². The van der Waals surface area contributed by atoms with Crippen molar-refractivity contribution in [1.82, 2.24) is 5.32 Å². The molecule has 3 rings (SSSR count). The molecule has 4 nitrogen and oxygen atoms in total. The number of hydrogen-bond donors (Lipinski definition) is 2. The summed E-state index contributed by atoms with van der Waals surface area (Å²) < 4.78 is 1.11. The van der Waals surface area contributed by atoms with Gasteiger partial charge in [-0.2, -0.15) is 0 Å². The van der Waals surface area contributed by atoms with E-state index in [0.29, 0.717) is 19.0 Å². The topological polar surface area (TPSA) is 61.7 Å². The number of aryl methyl sites for hydroxylation is 1. The summed E-state index contributed by atoms with van der Waals surface area (Å²) in [5, 5.41) is 13.1. The number of amides is 1. The van der Waals surface area contributed by atoms with E-state index >= 15 is 0 Å². The number of aromatic hydroxyl groups is 1. The number of amidine groups is 1. The molecule has 0 radical (unpaired) electrons. The van der Waals surface area contributed by atoms with Crippen LogP contribution >= 0.6 is 43.6 Å². The number of hydrogen-bond acceptors (Lipinski definition) is 4. The van der Waals surface area contributed by atoms with Crippen molar-refractivity contribution in [2.45, 2.75) is 6.92 Å². The average molecular weight is 468 g/mol. The molecule has 0 spiro atoms. The maximum atomic E-state index is 12.1. The molecule has 7 heteroatoms. The Balaban J connectivity index is 1.86. The number of rotatable bonds is 2. The summed E-state index contributed by atoms with van der Waals surface area (Å²) >= 11 is 7.85. The summed E-state index contributed by atoms with van der Waals surface area (Å²) in [5.74, 6) is -0.0616. The summed E-state index contributed by atoms with van der Waals surface area (Å²) in [7, 11) is 0. The Morgan fingerprint density at radius 1 is 1.17 bits per heavy atom. The molecule has 0 saturated carbocycles. The highest BCUT2D eigenvalue weighted by Crippen LogP contribution is 2.35. The normalized spacial score (nSPS) is 17.5. The fourth-order valence-electron chi connectivity index (χ4n) is 2.04. The van der Waals surface area contributed by atoms with E-state index in [4.69, 9.17) is 0 Å². The van der Waals surface area contributed by atoms with Crippen LogP contribution in [0.25, 0.3) is 6.08 Å². The van der Waals surface area contributed by atoms with E-state index in [9.17, 15) is 9.90 Å². The number of halogens is 2. The smallest absolute Gasteiger partial charge is 0.264 e. The van der Waals surface area contributed by atoms with Crippen LogP contribution in [-0.4, -0.2) is 16.2 Å². The molecular formula is C17H12Br2N2O2S. The Morgan fingerprint density at radius 2 is 1.79 bits per heavy atom. The van der Waals surface area contributed by atoms with Gasteiger partial charge in [-0.1, -0.05) is 17.7 Å². The molecule has 0 unspecified atom stereocenters. The minimum Gasteiger partial charge on any atom is -0.506 e. The summed E-state index contributed by atoms with van der Waals surface area (Å²) in [5.41, 5.74) is 2.74. The zero-order valence-electron chi connectivity index (χ0n) is 12.5. The molecule has 1 aliphatic rings. The van der Waals surface area contributed by atoms with Crippen LogP contribution < -0.4 is 5.32 Å². The molecule has 0 bridgehead atoms. The van der Waals surface area contributed by atoms with E-state index in [-0.39, 0.29) is 11.7 Å². The van der Waals surface area contributed by atoms with E-state index in [0.717, 1.165) is 16.8 Å². The van der Waals surface area contributed by atoms with Crippen molar-refractivity contribution >= 4 is 66.5 Å². The highest BCUT2D eigenvalue weighted by Gasteiger charge is 2.24. The molecule has 122 valence electrons. The SMILES string of the molecule is Cc1ccc(N=C2NC(=O)/C(=C/c3cc(Br)c(O)c(Br)c3)S2)cc1. The van der Waals surface area contributed by atoms with Gasteiger partial charge in [0.15, 0.2) is 5.17 Å². The van der Waals surface area contributed by atoms with Crippen molar-refractivity contribution in [3.05, 3.63) is 61.4 Å². The van der Waals surface area contributed by atoms with Crippen molar-refractivity contribution < 1.29 is 9.90 Å². The van der Waals surface area contributed by atoms with Crippen molar-refractivity contribution in [2.24, 2.45) is 4.99 Å². The summed E-state index contributed by atoms with van der Waals surface area (Å²) in [6.07, 6.45) is 1.76. The lowest BCUT2D eigenvalue weighted by molar-refractivity contribution is -0.115. The van der Waals surface area contributed by atoms with Crippen LogP contribution in [0.4, 0.5) is 5.69 Å². The first kappa shape index (κ1) is 17.3. The number of benzene rings is 2. The fraction of sp³-hybridized carbons (Fsp3) is 0.0588. The van der Waals surface area contributed by atoms with Crippen molar-refractivity contribution in [1.29, 1.82) is 0 Å². The highest BCUT2D eigenvalue weighted by molar-refractivity contribution is 9.11. The molecule has 1 saturated heterocycles. The predicted octanol–water partition coefficient (Wildman–Crippen LogP) is 5.12. The van der Waals surface area contributed by atoms with Crippen LogP contribution in [0.1, 0.15) is 11.1 Å². The first-order valence-corrected chi connectivity index (χ1v) is 9.37. The largest absolute Gasteiger partial charge is 0.506 e. The molecule has 1 fully saturated rings. The van der Waals surface area contributed by atoms with E-state index in [1.54, 1.807) is 18.2 Å². The maximum Gasteiger partial charge on any atom is 0.264 e. The van der Waals surface area contributed by atoms with Gasteiger partial charge >= 0.3 is 0 Å². The fourth-order valence-corrected chi connectivity index (χ4v) is 4.10. The second kappa shape index (κ2) is 7.13. The summed E-state index contributed by atoms with van der Waals surface area (Å²) in [6.45, 7) is 2.01. The highest BCUT2D eigenvalue weighted by atomic mass is 79.9. The second-order valence-corrected chi connectivity index (χ2v) is 7.89. The number of phenolic OH excluding ortho intramolecular Hbond substituents is 1. The lowest BCUT2D eigenvalue weighted by Gasteiger charge is -2.02. The van der Waals surface area contributed by atoms with Crippen LogP contribution in [0.15, 0.2) is 55.2 Å². The van der Waals surface area contributed by atoms with Crippen LogP contribution in [-0.2, 0) is 4.79 Å². The summed E-state index contributed by atoms with van der Waals surface area (Å²) in [4.78, 5) is 17.1. The van der Waals surface area contributed by atoms with Gasteiger partial charge in [0.25, 0.3) is 5.91 Å². The van der Waals surface area contributed by atoms with Gasteiger partial charge < -0.3 is 10.4 Å². The number of aliphatic imine (C=N–C) groups is 1. The lowest BCUT2D eigenvalue weighted by Crippen LogP contribution is -2.19. The number of nitrogens with one attached hydrogen (secondary N) is 1. The first-order chi connectivity index (χ1) is 11.4. The maximum absolute atomic E-state index is 12.1. The second-order valence-electron chi connectivity index (χ2n) is 5.15. The molecule has 2 aromatic carbocycles. The number of carbonyl (C=O) groups excluding carboxylic acids is 1.